The second-order valence-electron chi connectivity index (χ2n) is 5.24. The average molecular weight is 249 g/mol. The van der Waals surface area contributed by atoms with Gasteiger partial charge in [-0.05, 0) is 52.3 Å². The zero-order valence-corrected chi connectivity index (χ0v) is 11.4. The lowest BCUT2D eigenvalue weighted by Crippen LogP contribution is -2.41. The number of anilines is 1. The summed E-state index contributed by atoms with van der Waals surface area (Å²) < 4.78 is 5.77. The van der Waals surface area contributed by atoms with Crippen LogP contribution >= 0.6 is 0 Å². The number of hydrogen-bond donors (Lipinski definition) is 2. The highest BCUT2D eigenvalue weighted by molar-refractivity contribution is 5.50. The van der Waals surface area contributed by atoms with Gasteiger partial charge < -0.3 is 15.4 Å². The molecule has 2 N–H and O–H groups in total. The van der Waals surface area contributed by atoms with Crippen molar-refractivity contribution in [2.45, 2.75) is 51.8 Å². The fraction of sp³-hybridized carbons (Fsp3) is 0.643. The van der Waals surface area contributed by atoms with Gasteiger partial charge in [-0.2, -0.15) is 0 Å². The first-order chi connectivity index (χ1) is 8.65. The Kier molecular flexibility index (Phi) is 4.42. The molecule has 1 saturated heterocycles. The Bertz CT molecular complexity index is 381. The van der Waals surface area contributed by atoms with Crippen LogP contribution in [0.2, 0.25) is 0 Å². The highest BCUT2D eigenvalue weighted by atomic mass is 16.5. The number of pyridine rings is 1. The third-order valence-corrected chi connectivity index (χ3v) is 3.10. The molecule has 1 aliphatic rings. The molecule has 4 nitrogen and oxygen atoms in total. The maximum absolute atomic E-state index is 5.77. The Hall–Kier alpha value is -1.29. The van der Waals surface area contributed by atoms with Gasteiger partial charge in [0.2, 0.25) is 0 Å². The number of nitrogens with zero attached hydrogens (tertiary/aromatic N) is 1. The zero-order valence-electron chi connectivity index (χ0n) is 11.4. The molecule has 1 aromatic rings. The molecule has 0 radical (unpaired) electrons. The molecule has 18 heavy (non-hydrogen) atoms. The first kappa shape index (κ1) is 13.1. The summed E-state index contributed by atoms with van der Waals surface area (Å²) in [5.74, 6) is 1.71. The number of nitrogens with one attached hydrogen (secondary N) is 2. The van der Waals surface area contributed by atoms with Gasteiger partial charge in [-0.15, -0.1) is 0 Å². The average Bonchev–Trinajstić information content (AvgIpc) is 2.31. The van der Waals surface area contributed by atoms with Crippen molar-refractivity contribution < 1.29 is 4.74 Å². The van der Waals surface area contributed by atoms with Crippen LogP contribution in [0.4, 0.5) is 5.82 Å². The van der Waals surface area contributed by atoms with E-state index in [-0.39, 0.29) is 6.10 Å². The molecule has 2 heterocycles. The number of hydrogen-bond acceptors (Lipinski definition) is 4. The summed E-state index contributed by atoms with van der Waals surface area (Å²) >= 11 is 0. The summed E-state index contributed by atoms with van der Waals surface area (Å²) in [6, 6.07) is 4.92. The van der Waals surface area contributed by atoms with Gasteiger partial charge in [-0.3, -0.25) is 0 Å². The van der Waals surface area contributed by atoms with Gasteiger partial charge in [-0.1, -0.05) is 0 Å². The van der Waals surface area contributed by atoms with E-state index < -0.39 is 0 Å². The molecule has 2 unspecified atom stereocenters. The van der Waals surface area contributed by atoms with Crippen LogP contribution in [0.3, 0.4) is 0 Å². The molecule has 0 spiro atoms. The predicted molar refractivity (Wildman–Crippen MR) is 74.1 cm³/mol. The Morgan fingerprint density at radius 1 is 1.50 bits per heavy atom. The number of aromatic nitrogens is 1. The fourth-order valence-electron chi connectivity index (χ4n) is 2.30. The molecule has 0 aromatic carbocycles. The molecule has 1 aromatic heterocycles. The number of rotatable bonds is 4. The van der Waals surface area contributed by atoms with Crippen LogP contribution in [0.15, 0.2) is 18.3 Å². The SMILES string of the molecule is CC1CC(Nc2ncccc2OC(C)C)CCN1. The van der Waals surface area contributed by atoms with Gasteiger partial charge in [0.05, 0.1) is 6.10 Å². The van der Waals surface area contributed by atoms with Crippen molar-refractivity contribution in [2.24, 2.45) is 0 Å². The molecule has 100 valence electrons. The first-order valence-electron chi connectivity index (χ1n) is 6.76. The quantitative estimate of drug-likeness (QED) is 0.860. The molecule has 2 rings (SSSR count). The van der Waals surface area contributed by atoms with E-state index >= 15 is 0 Å². The van der Waals surface area contributed by atoms with E-state index in [1.165, 1.54) is 0 Å². The summed E-state index contributed by atoms with van der Waals surface area (Å²) in [6.45, 7) is 7.34. The van der Waals surface area contributed by atoms with Gasteiger partial charge in [0.25, 0.3) is 0 Å². The van der Waals surface area contributed by atoms with Crippen molar-refractivity contribution in [1.29, 1.82) is 0 Å². The van der Waals surface area contributed by atoms with Crippen molar-refractivity contribution in [1.82, 2.24) is 10.3 Å². The topological polar surface area (TPSA) is 46.2 Å². The Morgan fingerprint density at radius 3 is 3.06 bits per heavy atom. The van der Waals surface area contributed by atoms with E-state index in [0.717, 1.165) is 31.0 Å². The van der Waals surface area contributed by atoms with Crippen LogP contribution < -0.4 is 15.4 Å². The minimum Gasteiger partial charge on any atom is -0.487 e. The van der Waals surface area contributed by atoms with E-state index in [1.807, 2.05) is 26.0 Å². The molecule has 0 aliphatic carbocycles. The van der Waals surface area contributed by atoms with Crippen LogP contribution in [0.25, 0.3) is 0 Å². The Morgan fingerprint density at radius 2 is 2.33 bits per heavy atom. The smallest absolute Gasteiger partial charge is 0.168 e. The van der Waals surface area contributed by atoms with Gasteiger partial charge in [-0.25, -0.2) is 4.98 Å². The first-order valence-corrected chi connectivity index (χ1v) is 6.76. The Balaban J connectivity index is 2.03. The lowest BCUT2D eigenvalue weighted by molar-refractivity contribution is 0.242. The van der Waals surface area contributed by atoms with Crippen molar-refractivity contribution >= 4 is 5.82 Å². The molecular weight excluding hydrogens is 226 g/mol. The lowest BCUT2D eigenvalue weighted by Gasteiger charge is -2.29. The van der Waals surface area contributed by atoms with Gasteiger partial charge >= 0.3 is 0 Å². The zero-order chi connectivity index (χ0) is 13.0. The molecule has 1 fully saturated rings. The third-order valence-electron chi connectivity index (χ3n) is 3.10. The molecule has 2 atom stereocenters. The predicted octanol–water partition coefficient (Wildman–Crippen LogP) is 2.42. The van der Waals surface area contributed by atoms with Crippen LogP contribution in [0.5, 0.6) is 5.75 Å². The summed E-state index contributed by atoms with van der Waals surface area (Å²) in [4.78, 5) is 4.39. The highest BCUT2D eigenvalue weighted by Gasteiger charge is 2.19. The van der Waals surface area contributed by atoms with Crippen LogP contribution in [0.1, 0.15) is 33.6 Å². The van der Waals surface area contributed by atoms with Crippen LogP contribution in [-0.4, -0.2) is 29.7 Å². The Labute approximate surface area is 109 Å². The summed E-state index contributed by atoms with van der Waals surface area (Å²) in [7, 11) is 0. The maximum atomic E-state index is 5.77. The van der Waals surface area contributed by atoms with Gasteiger partial charge in [0.1, 0.15) is 0 Å². The molecule has 0 amide bonds. The normalized spacial score (nSPS) is 24.0. The molecule has 0 bridgehead atoms. The van der Waals surface area contributed by atoms with E-state index in [9.17, 15) is 0 Å². The largest absolute Gasteiger partial charge is 0.487 e. The fourth-order valence-corrected chi connectivity index (χ4v) is 2.30. The highest BCUT2D eigenvalue weighted by Crippen LogP contribution is 2.24. The molecule has 0 saturated carbocycles. The van der Waals surface area contributed by atoms with Crippen LogP contribution in [0, 0.1) is 0 Å². The maximum Gasteiger partial charge on any atom is 0.168 e. The van der Waals surface area contributed by atoms with E-state index in [1.54, 1.807) is 6.20 Å². The number of ether oxygens (including phenoxy) is 1. The minimum atomic E-state index is 0.168. The molecule has 4 heteroatoms. The van der Waals surface area contributed by atoms with Crippen molar-refractivity contribution in [3.8, 4) is 5.75 Å². The summed E-state index contributed by atoms with van der Waals surface area (Å²) in [5.41, 5.74) is 0. The van der Waals surface area contributed by atoms with E-state index in [2.05, 4.69) is 22.5 Å². The summed E-state index contributed by atoms with van der Waals surface area (Å²) in [6.07, 6.45) is 4.22. The standard InChI is InChI=1S/C14H23N3O/c1-10(2)18-13-5-4-7-16-14(13)17-12-6-8-15-11(3)9-12/h4-5,7,10-12,15H,6,8-9H2,1-3H3,(H,16,17). The second kappa shape index (κ2) is 6.05. The van der Waals surface area contributed by atoms with E-state index in [0.29, 0.717) is 12.1 Å². The van der Waals surface area contributed by atoms with Crippen LogP contribution in [-0.2, 0) is 0 Å². The lowest BCUT2D eigenvalue weighted by atomic mass is 10.0. The van der Waals surface area contributed by atoms with Gasteiger partial charge in [0, 0.05) is 18.3 Å². The van der Waals surface area contributed by atoms with Crippen molar-refractivity contribution in [3.05, 3.63) is 18.3 Å². The second-order valence-corrected chi connectivity index (χ2v) is 5.24. The van der Waals surface area contributed by atoms with Crippen molar-refractivity contribution in [3.63, 3.8) is 0 Å². The number of piperidine rings is 1. The summed E-state index contributed by atoms with van der Waals surface area (Å²) in [5, 5.41) is 6.96. The monoisotopic (exact) mass is 249 g/mol. The minimum absolute atomic E-state index is 0.168. The third kappa shape index (κ3) is 3.60. The van der Waals surface area contributed by atoms with Gasteiger partial charge in [0.15, 0.2) is 11.6 Å². The van der Waals surface area contributed by atoms with E-state index in [4.69, 9.17) is 4.74 Å². The van der Waals surface area contributed by atoms with Crippen molar-refractivity contribution in [2.75, 3.05) is 11.9 Å². The molecular formula is C14H23N3O. The molecule has 1 aliphatic heterocycles.